The van der Waals surface area contributed by atoms with Gasteiger partial charge >= 0.3 is 0 Å². The van der Waals surface area contributed by atoms with Gasteiger partial charge in [0.05, 0.1) is 0 Å². The highest BCUT2D eigenvalue weighted by atomic mass is 16.3. The van der Waals surface area contributed by atoms with Crippen molar-refractivity contribution >= 4 is 43.9 Å². The fourth-order valence-corrected chi connectivity index (χ4v) is 7.19. The van der Waals surface area contributed by atoms with E-state index in [0.29, 0.717) is 0 Å². The zero-order valence-corrected chi connectivity index (χ0v) is 27.4. The first-order valence-corrected chi connectivity index (χ1v) is 16.4. The fraction of sp³-hybridized carbons (Fsp3) is 0.0889. The van der Waals surface area contributed by atoms with Crippen molar-refractivity contribution in [1.29, 1.82) is 0 Å². The van der Waals surface area contributed by atoms with E-state index in [-0.39, 0.29) is 0 Å². The van der Waals surface area contributed by atoms with Gasteiger partial charge in [0.25, 0.3) is 0 Å². The summed E-state index contributed by atoms with van der Waals surface area (Å²) in [4.78, 5) is 4.71. The summed E-state index contributed by atoms with van der Waals surface area (Å²) in [5.74, 6) is 0. The van der Waals surface area contributed by atoms with Gasteiger partial charge in [0.15, 0.2) is 0 Å². The molecule has 3 nitrogen and oxygen atoms in total. The van der Waals surface area contributed by atoms with E-state index < -0.39 is 0 Å². The fourth-order valence-electron chi connectivity index (χ4n) is 7.19. The molecule has 0 radical (unpaired) electrons. The van der Waals surface area contributed by atoms with Crippen LogP contribution >= 0.6 is 0 Å². The quantitative estimate of drug-likeness (QED) is 0.197. The summed E-state index contributed by atoms with van der Waals surface area (Å²) in [6.07, 6.45) is 3.89. The molecule has 0 spiro atoms. The largest absolute Gasteiger partial charge is 0.455 e. The molecule has 0 aliphatic carbocycles. The minimum Gasteiger partial charge on any atom is -0.455 e. The Labute approximate surface area is 279 Å². The van der Waals surface area contributed by atoms with E-state index in [1.165, 1.54) is 22.3 Å². The number of aromatic nitrogens is 1. The lowest BCUT2D eigenvalue weighted by molar-refractivity contribution is 0.669. The molecule has 9 rings (SSSR count). The zero-order valence-electron chi connectivity index (χ0n) is 27.4. The van der Waals surface area contributed by atoms with Gasteiger partial charge in [-0.2, -0.15) is 0 Å². The Morgan fingerprint density at radius 2 is 0.792 bits per heavy atom. The van der Waals surface area contributed by atoms with Crippen LogP contribution in [0.4, 0.5) is 0 Å². The maximum atomic E-state index is 6.46. The molecule has 0 atom stereocenters. The van der Waals surface area contributed by atoms with Crippen LogP contribution in [0.25, 0.3) is 88.4 Å². The Hall–Kier alpha value is -5.93. The zero-order chi connectivity index (χ0) is 32.5. The van der Waals surface area contributed by atoms with Gasteiger partial charge in [0, 0.05) is 56.2 Å². The number of nitrogens with zero attached hydrogens (tertiary/aromatic N) is 1. The van der Waals surface area contributed by atoms with Gasteiger partial charge in [-0.25, -0.2) is 0 Å². The smallest absolute Gasteiger partial charge is 0.143 e. The van der Waals surface area contributed by atoms with E-state index in [4.69, 9.17) is 13.8 Å². The molecule has 6 aromatic carbocycles. The van der Waals surface area contributed by atoms with Crippen LogP contribution in [0.5, 0.6) is 0 Å². The molecule has 0 amide bonds. The van der Waals surface area contributed by atoms with E-state index >= 15 is 0 Å². The third-order valence-electron chi connectivity index (χ3n) is 9.49. The Balaban J connectivity index is 1.12. The van der Waals surface area contributed by atoms with Crippen LogP contribution in [0, 0.1) is 27.7 Å². The number of pyridine rings is 1. The van der Waals surface area contributed by atoms with Crippen molar-refractivity contribution in [1.82, 2.24) is 4.98 Å². The number of hydrogen-bond donors (Lipinski definition) is 0. The summed E-state index contributed by atoms with van der Waals surface area (Å²) < 4.78 is 12.9. The van der Waals surface area contributed by atoms with Crippen molar-refractivity contribution in [3.05, 3.63) is 150 Å². The van der Waals surface area contributed by atoms with Crippen molar-refractivity contribution in [2.75, 3.05) is 0 Å². The van der Waals surface area contributed by atoms with Gasteiger partial charge in [-0.3, -0.25) is 4.98 Å². The minimum absolute atomic E-state index is 0.916. The average Bonchev–Trinajstić information content (AvgIpc) is 3.65. The third-order valence-corrected chi connectivity index (χ3v) is 9.49. The number of aryl methyl sites for hydroxylation is 4. The van der Waals surface area contributed by atoms with Crippen LogP contribution in [0.2, 0.25) is 0 Å². The molecule has 0 saturated carbocycles. The first kappa shape index (κ1) is 28.3. The molecule has 0 saturated heterocycles. The van der Waals surface area contributed by atoms with Crippen molar-refractivity contribution in [2.45, 2.75) is 27.7 Å². The van der Waals surface area contributed by atoms with Crippen LogP contribution in [-0.2, 0) is 0 Å². The Morgan fingerprint density at radius 1 is 0.375 bits per heavy atom. The molecule has 48 heavy (non-hydrogen) atoms. The van der Waals surface area contributed by atoms with Gasteiger partial charge in [-0.15, -0.1) is 0 Å². The molecule has 9 aromatic rings. The van der Waals surface area contributed by atoms with Crippen LogP contribution in [-0.4, -0.2) is 4.98 Å². The van der Waals surface area contributed by atoms with Gasteiger partial charge in [0.1, 0.15) is 22.3 Å². The van der Waals surface area contributed by atoms with E-state index in [1.807, 2.05) is 12.4 Å². The van der Waals surface area contributed by atoms with Crippen molar-refractivity contribution in [3.63, 3.8) is 0 Å². The van der Waals surface area contributed by atoms with Crippen LogP contribution in [0.3, 0.4) is 0 Å². The van der Waals surface area contributed by atoms with E-state index in [9.17, 15) is 0 Å². The van der Waals surface area contributed by atoms with E-state index in [0.717, 1.165) is 88.4 Å². The van der Waals surface area contributed by atoms with E-state index in [1.54, 1.807) is 0 Å². The van der Waals surface area contributed by atoms with Crippen molar-refractivity contribution in [3.8, 4) is 44.5 Å². The Bertz CT molecular complexity index is 2540. The lowest BCUT2D eigenvalue weighted by Gasteiger charge is -2.10. The highest BCUT2D eigenvalue weighted by molar-refractivity contribution is 6.11. The molecular formula is C45H33NO2. The number of fused-ring (bicyclic) bond motifs is 6. The number of hydrogen-bond acceptors (Lipinski definition) is 3. The summed E-state index contributed by atoms with van der Waals surface area (Å²) in [5.41, 5.74) is 17.3. The maximum absolute atomic E-state index is 6.46. The summed E-state index contributed by atoms with van der Waals surface area (Å²) >= 11 is 0. The second kappa shape index (κ2) is 10.8. The second-order valence-electron chi connectivity index (χ2n) is 13.2. The van der Waals surface area contributed by atoms with Crippen LogP contribution < -0.4 is 0 Å². The van der Waals surface area contributed by atoms with Crippen molar-refractivity contribution < 1.29 is 8.83 Å². The Kier molecular flexibility index (Phi) is 6.38. The second-order valence-corrected chi connectivity index (χ2v) is 13.2. The summed E-state index contributed by atoms with van der Waals surface area (Å²) in [7, 11) is 0. The highest BCUT2D eigenvalue weighted by Gasteiger charge is 2.16. The molecular weight excluding hydrogens is 587 g/mol. The Morgan fingerprint density at radius 3 is 1.27 bits per heavy atom. The van der Waals surface area contributed by atoms with Gasteiger partial charge in [-0.1, -0.05) is 59.7 Å². The molecule has 0 aliphatic rings. The lowest BCUT2D eigenvalue weighted by Crippen LogP contribution is -1.88. The summed E-state index contributed by atoms with van der Waals surface area (Å²) in [6, 6.07) is 41.3. The van der Waals surface area contributed by atoms with Crippen molar-refractivity contribution in [2.24, 2.45) is 0 Å². The van der Waals surface area contributed by atoms with Crippen LogP contribution in [0.15, 0.2) is 136 Å². The first-order chi connectivity index (χ1) is 23.4. The molecule has 3 heterocycles. The SMILES string of the molecule is Cc1ccc2oc3c(-c4cccc(-c5cncc(-c6cccc(-c7cc(C)cc8c7oc7ccc(C)cc78)c6)c5)c4)cc(C)cc3c2c1. The summed E-state index contributed by atoms with van der Waals surface area (Å²) in [5, 5.41) is 4.63. The lowest BCUT2D eigenvalue weighted by atomic mass is 9.94. The third kappa shape index (κ3) is 4.70. The summed E-state index contributed by atoms with van der Waals surface area (Å²) in [6.45, 7) is 8.55. The number of rotatable bonds is 4. The normalized spacial score (nSPS) is 11.8. The monoisotopic (exact) mass is 619 g/mol. The molecule has 230 valence electrons. The molecule has 3 heteroatoms. The first-order valence-electron chi connectivity index (χ1n) is 16.4. The molecule has 0 unspecified atom stereocenters. The number of benzene rings is 6. The predicted octanol–water partition coefficient (Wildman–Crippen LogP) is 12.8. The topological polar surface area (TPSA) is 39.2 Å². The standard InChI is InChI=1S/C45H33NO2/c1-26-11-13-42-38(15-26)40-19-28(3)17-36(44(40)47-42)32-9-5-7-30(21-32)34-23-35(25-46-24-34)31-8-6-10-33(22-31)37-18-29(4)20-41-39-16-27(2)12-14-43(39)48-45(37)41/h5-25H,1-4H3. The predicted molar refractivity (Wildman–Crippen MR) is 199 cm³/mol. The molecule has 0 aliphatic heterocycles. The molecule has 0 N–H and O–H groups in total. The van der Waals surface area contributed by atoms with Gasteiger partial charge in [-0.05, 0) is 128 Å². The highest BCUT2D eigenvalue weighted by Crippen LogP contribution is 2.40. The van der Waals surface area contributed by atoms with Gasteiger partial charge < -0.3 is 8.83 Å². The maximum Gasteiger partial charge on any atom is 0.143 e. The van der Waals surface area contributed by atoms with Gasteiger partial charge in [0.2, 0.25) is 0 Å². The molecule has 3 aromatic heterocycles. The van der Waals surface area contributed by atoms with E-state index in [2.05, 4.69) is 143 Å². The molecule has 0 bridgehead atoms. The van der Waals surface area contributed by atoms with Crippen LogP contribution in [0.1, 0.15) is 22.3 Å². The number of furan rings is 2. The average molecular weight is 620 g/mol. The molecule has 0 fully saturated rings. The minimum atomic E-state index is 0.916.